The summed E-state index contributed by atoms with van der Waals surface area (Å²) in [5.74, 6) is 0.0265. The third kappa shape index (κ3) is 5.24. The molecule has 1 rings (SSSR count). The van der Waals surface area contributed by atoms with Crippen LogP contribution in [0.15, 0.2) is 5.11 Å². The van der Waals surface area contributed by atoms with Crippen molar-refractivity contribution < 1.29 is 14.9 Å². The molecule has 134 valence electrons. The summed E-state index contributed by atoms with van der Waals surface area (Å²) >= 11 is 0. The fourth-order valence-electron chi connectivity index (χ4n) is 2.93. The first-order chi connectivity index (χ1) is 11.6. The molecule has 0 saturated heterocycles. The number of azide groups is 1. The lowest BCUT2D eigenvalue weighted by Crippen LogP contribution is -1.97. The summed E-state index contributed by atoms with van der Waals surface area (Å²) in [5, 5.41) is 24.0. The molecule has 0 aliphatic carbocycles. The standard InChI is InChI=1S/C18H29N3O3/c1-4-5-6-7-8-9-10-11-12-14-16(22)13(2)15(20-21-19)17(23)18(14)24-3/h22-23H,4-12H2,1-3H3. The molecule has 1 aromatic carbocycles. The first-order valence-electron chi connectivity index (χ1n) is 8.74. The molecule has 0 atom stereocenters. The molecule has 0 aliphatic heterocycles. The lowest BCUT2D eigenvalue weighted by molar-refractivity contribution is 0.361. The molecular weight excluding hydrogens is 306 g/mol. The van der Waals surface area contributed by atoms with E-state index < -0.39 is 0 Å². The van der Waals surface area contributed by atoms with Gasteiger partial charge in [0.15, 0.2) is 11.5 Å². The van der Waals surface area contributed by atoms with E-state index in [1.54, 1.807) is 6.92 Å². The maximum atomic E-state index is 10.4. The third-order valence-electron chi connectivity index (χ3n) is 4.34. The Bertz CT molecular complexity index is 582. The minimum absolute atomic E-state index is 0.0199. The van der Waals surface area contributed by atoms with Crippen LogP contribution in [0.25, 0.3) is 10.4 Å². The van der Waals surface area contributed by atoms with Crippen molar-refractivity contribution in [1.82, 2.24) is 0 Å². The highest BCUT2D eigenvalue weighted by Gasteiger charge is 2.21. The molecule has 0 saturated carbocycles. The largest absolute Gasteiger partial charge is 0.507 e. The Balaban J connectivity index is 2.69. The number of hydrogen-bond acceptors (Lipinski definition) is 4. The summed E-state index contributed by atoms with van der Waals surface area (Å²) in [6.07, 6.45) is 10.2. The van der Waals surface area contributed by atoms with Gasteiger partial charge in [-0.25, -0.2) is 0 Å². The average Bonchev–Trinajstić information content (AvgIpc) is 2.58. The van der Waals surface area contributed by atoms with E-state index in [2.05, 4.69) is 16.9 Å². The molecule has 6 nitrogen and oxygen atoms in total. The molecule has 2 N–H and O–H groups in total. The van der Waals surface area contributed by atoms with E-state index in [9.17, 15) is 10.2 Å². The van der Waals surface area contributed by atoms with Gasteiger partial charge in [0.25, 0.3) is 0 Å². The molecule has 0 unspecified atom stereocenters. The molecule has 0 spiro atoms. The Labute approximate surface area is 144 Å². The predicted octanol–water partition coefficient (Wildman–Crippen LogP) is 6.04. The molecule has 0 amide bonds. The van der Waals surface area contributed by atoms with E-state index >= 15 is 0 Å². The number of phenolic OH excluding ortho intramolecular Hbond substituents is 2. The van der Waals surface area contributed by atoms with Crippen molar-refractivity contribution in [3.05, 3.63) is 21.6 Å². The highest BCUT2D eigenvalue weighted by Crippen LogP contribution is 2.48. The lowest BCUT2D eigenvalue weighted by atomic mass is 9.99. The lowest BCUT2D eigenvalue weighted by Gasteiger charge is -2.16. The second-order valence-electron chi connectivity index (χ2n) is 6.10. The molecular formula is C18H29N3O3. The van der Waals surface area contributed by atoms with Crippen LogP contribution in [0.3, 0.4) is 0 Å². The molecule has 0 radical (unpaired) electrons. The van der Waals surface area contributed by atoms with E-state index in [1.165, 1.54) is 45.6 Å². The van der Waals surface area contributed by atoms with Gasteiger partial charge in [0.1, 0.15) is 5.75 Å². The fourth-order valence-corrected chi connectivity index (χ4v) is 2.93. The second kappa shape index (κ2) is 10.7. The monoisotopic (exact) mass is 335 g/mol. The minimum Gasteiger partial charge on any atom is -0.507 e. The van der Waals surface area contributed by atoms with Crippen molar-refractivity contribution in [3.8, 4) is 17.2 Å². The van der Waals surface area contributed by atoms with Crippen LogP contribution in [0.2, 0.25) is 0 Å². The number of methoxy groups -OCH3 is 1. The molecule has 6 heteroatoms. The number of aromatic hydroxyl groups is 2. The van der Waals surface area contributed by atoms with Crippen LogP contribution in [0.5, 0.6) is 17.2 Å². The first-order valence-corrected chi connectivity index (χ1v) is 8.74. The van der Waals surface area contributed by atoms with E-state index in [4.69, 9.17) is 10.3 Å². The van der Waals surface area contributed by atoms with Gasteiger partial charge in [0, 0.05) is 16.0 Å². The van der Waals surface area contributed by atoms with Gasteiger partial charge < -0.3 is 14.9 Å². The normalized spacial score (nSPS) is 10.5. The number of rotatable bonds is 11. The number of benzene rings is 1. The third-order valence-corrected chi connectivity index (χ3v) is 4.34. The van der Waals surface area contributed by atoms with Crippen molar-refractivity contribution in [1.29, 1.82) is 0 Å². The molecule has 1 aromatic rings. The quantitative estimate of drug-likeness (QED) is 0.169. The van der Waals surface area contributed by atoms with Gasteiger partial charge in [-0.1, -0.05) is 57.0 Å². The Morgan fingerprint density at radius 1 is 1.00 bits per heavy atom. The zero-order valence-corrected chi connectivity index (χ0v) is 15.0. The SMILES string of the molecule is CCCCCCCCCCc1c(O)c(C)c(N=[N+]=[N-])c(O)c1OC. The van der Waals surface area contributed by atoms with Gasteiger partial charge in [0.05, 0.1) is 12.8 Å². The number of unbranched alkanes of at least 4 members (excludes halogenated alkanes) is 7. The van der Waals surface area contributed by atoms with Crippen LogP contribution in [0, 0.1) is 6.92 Å². The Morgan fingerprint density at radius 2 is 1.58 bits per heavy atom. The number of nitrogens with zero attached hydrogens (tertiary/aromatic N) is 3. The molecule has 0 heterocycles. The van der Waals surface area contributed by atoms with E-state index in [1.807, 2.05) is 0 Å². The maximum absolute atomic E-state index is 10.4. The van der Waals surface area contributed by atoms with Crippen LogP contribution in [0.4, 0.5) is 5.69 Å². The van der Waals surface area contributed by atoms with Gasteiger partial charge in [-0.3, -0.25) is 0 Å². The van der Waals surface area contributed by atoms with Gasteiger partial charge >= 0.3 is 0 Å². The molecule has 24 heavy (non-hydrogen) atoms. The van der Waals surface area contributed by atoms with Crippen molar-refractivity contribution >= 4 is 5.69 Å². The number of phenols is 2. The van der Waals surface area contributed by atoms with Crippen LogP contribution in [0.1, 0.15) is 69.4 Å². The van der Waals surface area contributed by atoms with Crippen molar-refractivity contribution in [3.63, 3.8) is 0 Å². The maximum Gasteiger partial charge on any atom is 0.168 e. The van der Waals surface area contributed by atoms with Gasteiger partial charge in [-0.2, -0.15) is 0 Å². The second-order valence-corrected chi connectivity index (χ2v) is 6.10. The molecule has 0 aliphatic rings. The van der Waals surface area contributed by atoms with E-state index in [0.29, 0.717) is 17.5 Å². The summed E-state index contributed by atoms with van der Waals surface area (Å²) in [7, 11) is 1.43. The van der Waals surface area contributed by atoms with Crippen molar-refractivity contribution in [2.75, 3.05) is 7.11 Å². The average molecular weight is 335 g/mol. The smallest absolute Gasteiger partial charge is 0.168 e. The Kier molecular flexibility index (Phi) is 8.87. The summed E-state index contributed by atoms with van der Waals surface area (Å²) in [6, 6.07) is 0. The van der Waals surface area contributed by atoms with Crippen LogP contribution < -0.4 is 4.74 Å². The summed E-state index contributed by atoms with van der Waals surface area (Å²) in [4.78, 5) is 2.69. The van der Waals surface area contributed by atoms with Crippen LogP contribution in [-0.4, -0.2) is 17.3 Å². The minimum atomic E-state index is -0.208. The van der Waals surface area contributed by atoms with Crippen molar-refractivity contribution in [2.45, 2.75) is 71.6 Å². The van der Waals surface area contributed by atoms with E-state index in [-0.39, 0.29) is 22.9 Å². The topological polar surface area (TPSA) is 98.5 Å². The predicted molar refractivity (Wildman–Crippen MR) is 96.2 cm³/mol. The summed E-state index contributed by atoms with van der Waals surface area (Å²) in [5.41, 5.74) is 9.57. The number of hydrogen-bond donors (Lipinski definition) is 2. The Hall–Kier alpha value is -2.07. The first kappa shape index (κ1) is 20.0. The summed E-state index contributed by atoms with van der Waals surface area (Å²) < 4.78 is 5.23. The Morgan fingerprint density at radius 3 is 2.12 bits per heavy atom. The van der Waals surface area contributed by atoms with Crippen molar-refractivity contribution in [2.24, 2.45) is 5.11 Å². The highest BCUT2D eigenvalue weighted by molar-refractivity contribution is 5.71. The fraction of sp³-hybridized carbons (Fsp3) is 0.667. The van der Waals surface area contributed by atoms with E-state index in [0.717, 1.165) is 12.8 Å². The zero-order chi connectivity index (χ0) is 17.9. The van der Waals surface area contributed by atoms with Crippen LogP contribution in [-0.2, 0) is 6.42 Å². The number of ether oxygens (including phenoxy) is 1. The molecule has 0 fully saturated rings. The highest BCUT2D eigenvalue weighted by atomic mass is 16.5. The van der Waals surface area contributed by atoms with Gasteiger partial charge in [-0.05, 0) is 25.3 Å². The van der Waals surface area contributed by atoms with Crippen LogP contribution >= 0.6 is 0 Å². The molecule has 0 bridgehead atoms. The molecule has 0 aromatic heterocycles. The van der Waals surface area contributed by atoms with Gasteiger partial charge in [0.2, 0.25) is 0 Å². The van der Waals surface area contributed by atoms with Gasteiger partial charge in [-0.15, -0.1) is 0 Å². The zero-order valence-electron chi connectivity index (χ0n) is 15.0. The summed E-state index contributed by atoms with van der Waals surface area (Å²) in [6.45, 7) is 3.83.